The number of nitrogens with zero attached hydrogens (tertiary/aromatic N) is 1. The van der Waals surface area contributed by atoms with Crippen molar-refractivity contribution in [3.05, 3.63) is 40.5 Å². The Morgan fingerprint density at radius 3 is 3.00 bits per heavy atom. The van der Waals surface area contributed by atoms with E-state index in [1.165, 1.54) is 0 Å². The lowest BCUT2D eigenvalue weighted by molar-refractivity contribution is -0.142. The van der Waals surface area contributed by atoms with Crippen molar-refractivity contribution >= 4 is 32.8 Å². The van der Waals surface area contributed by atoms with E-state index in [1.54, 1.807) is 6.20 Å². The SMILES string of the molecule is O=C(O)COCc1ccnc2c(Br)cccc12. The molecule has 0 amide bonds. The number of benzene rings is 1. The molecule has 1 N–H and O–H groups in total. The van der Waals surface area contributed by atoms with E-state index in [4.69, 9.17) is 9.84 Å². The van der Waals surface area contributed by atoms with Crippen LogP contribution >= 0.6 is 15.9 Å². The molecule has 0 atom stereocenters. The molecule has 1 aromatic carbocycles. The minimum absolute atomic E-state index is 0.266. The van der Waals surface area contributed by atoms with Gasteiger partial charge in [0.25, 0.3) is 0 Å². The number of carboxylic acids is 1. The zero-order chi connectivity index (χ0) is 12.3. The average Bonchev–Trinajstić information content (AvgIpc) is 2.30. The van der Waals surface area contributed by atoms with Gasteiger partial charge in [-0.2, -0.15) is 0 Å². The second kappa shape index (κ2) is 5.25. The number of hydrogen-bond acceptors (Lipinski definition) is 3. The average molecular weight is 296 g/mol. The molecule has 0 radical (unpaired) electrons. The quantitative estimate of drug-likeness (QED) is 0.942. The fourth-order valence-electron chi connectivity index (χ4n) is 1.57. The Morgan fingerprint density at radius 1 is 1.41 bits per heavy atom. The fraction of sp³-hybridized carbons (Fsp3) is 0.167. The number of para-hydroxylation sites is 1. The van der Waals surface area contributed by atoms with Crippen molar-refractivity contribution in [1.29, 1.82) is 0 Å². The molecule has 1 heterocycles. The van der Waals surface area contributed by atoms with Crippen LogP contribution in [0.25, 0.3) is 10.9 Å². The molecule has 0 aliphatic carbocycles. The zero-order valence-electron chi connectivity index (χ0n) is 8.89. The van der Waals surface area contributed by atoms with E-state index < -0.39 is 5.97 Å². The molecule has 0 fully saturated rings. The van der Waals surface area contributed by atoms with Crippen LogP contribution in [0.3, 0.4) is 0 Å². The van der Waals surface area contributed by atoms with Gasteiger partial charge in [-0.05, 0) is 33.6 Å². The van der Waals surface area contributed by atoms with Gasteiger partial charge in [-0.1, -0.05) is 12.1 Å². The fourth-order valence-corrected chi connectivity index (χ4v) is 2.04. The molecule has 1 aromatic heterocycles. The van der Waals surface area contributed by atoms with Crippen LogP contribution in [-0.4, -0.2) is 22.7 Å². The third-order valence-corrected chi connectivity index (χ3v) is 2.94. The van der Waals surface area contributed by atoms with Crippen LogP contribution in [0.15, 0.2) is 34.9 Å². The van der Waals surface area contributed by atoms with Gasteiger partial charge in [0.15, 0.2) is 0 Å². The van der Waals surface area contributed by atoms with Gasteiger partial charge in [0, 0.05) is 16.1 Å². The van der Waals surface area contributed by atoms with Crippen LogP contribution in [0.5, 0.6) is 0 Å². The summed E-state index contributed by atoms with van der Waals surface area (Å²) in [6.07, 6.45) is 1.69. The van der Waals surface area contributed by atoms with Gasteiger partial charge in [-0.3, -0.25) is 4.98 Å². The summed E-state index contributed by atoms with van der Waals surface area (Å²) < 4.78 is 6.00. The second-order valence-electron chi connectivity index (χ2n) is 3.49. The molecular formula is C12H10BrNO3. The summed E-state index contributed by atoms with van der Waals surface area (Å²) in [6.45, 7) is -0.0282. The first-order chi connectivity index (χ1) is 8.18. The predicted molar refractivity (Wildman–Crippen MR) is 66.7 cm³/mol. The maximum atomic E-state index is 10.4. The Labute approximate surface area is 106 Å². The van der Waals surface area contributed by atoms with Gasteiger partial charge in [0.1, 0.15) is 6.61 Å². The number of pyridine rings is 1. The molecule has 0 aliphatic heterocycles. The summed E-state index contributed by atoms with van der Waals surface area (Å²) in [5.74, 6) is -0.968. The molecule has 5 heteroatoms. The molecule has 0 unspecified atom stereocenters. The van der Waals surface area contributed by atoms with Crippen LogP contribution in [0.4, 0.5) is 0 Å². The number of carboxylic acid groups (broad SMARTS) is 1. The number of aromatic nitrogens is 1. The first-order valence-electron chi connectivity index (χ1n) is 5.00. The Bertz CT molecular complexity index is 556. The monoisotopic (exact) mass is 295 g/mol. The smallest absolute Gasteiger partial charge is 0.329 e. The zero-order valence-corrected chi connectivity index (χ0v) is 10.5. The molecule has 0 saturated heterocycles. The van der Waals surface area contributed by atoms with E-state index in [0.717, 1.165) is 20.9 Å². The standard InChI is InChI=1S/C12H10BrNO3/c13-10-3-1-2-9-8(4-5-14-12(9)10)6-17-7-11(15)16/h1-5H,6-7H2,(H,15,16). The Hall–Kier alpha value is -1.46. The van der Waals surface area contributed by atoms with Crippen LogP contribution in [0.2, 0.25) is 0 Å². The van der Waals surface area contributed by atoms with Crippen molar-refractivity contribution in [2.24, 2.45) is 0 Å². The Morgan fingerprint density at radius 2 is 2.24 bits per heavy atom. The lowest BCUT2D eigenvalue weighted by Gasteiger charge is -2.06. The van der Waals surface area contributed by atoms with E-state index in [-0.39, 0.29) is 13.2 Å². The van der Waals surface area contributed by atoms with E-state index in [0.29, 0.717) is 0 Å². The van der Waals surface area contributed by atoms with Crippen molar-refractivity contribution in [2.45, 2.75) is 6.61 Å². The second-order valence-corrected chi connectivity index (χ2v) is 4.35. The van der Waals surface area contributed by atoms with Gasteiger partial charge in [0.2, 0.25) is 0 Å². The van der Waals surface area contributed by atoms with E-state index >= 15 is 0 Å². The summed E-state index contributed by atoms with van der Waals surface area (Å²) in [4.78, 5) is 14.6. The highest BCUT2D eigenvalue weighted by Gasteiger charge is 2.05. The molecule has 0 aliphatic rings. The first kappa shape index (κ1) is 12.0. The van der Waals surface area contributed by atoms with Crippen LogP contribution in [-0.2, 0) is 16.1 Å². The van der Waals surface area contributed by atoms with E-state index in [1.807, 2.05) is 24.3 Å². The first-order valence-corrected chi connectivity index (χ1v) is 5.79. The molecule has 4 nitrogen and oxygen atoms in total. The Kier molecular flexibility index (Phi) is 3.71. The highest BCUT2D eigenvalue weighted by molar-refractivity contribution is 9.10. The van der Waals surface area contributed by atoms with Crippen molar-refractivity contribution in [2.75, 3.05) is 6.61 Å². The molecule has 0 spiro atoms. The van der Waals surface area contributed by atoms with E-state index in [9.17, 15) is 4.79 Å². The molecule has 2 rings (SSSR count). The minimum Gasteiger partial charge on any atom is -0.480 e. The lowest BCUT2D eigenvalue weighted by atomic mass is 10.1. The maximum Gasteiger partial charge on any atom is 0.329 e. The summed E-state index contributed by atoms with van der Waals surface area (Å²) in [5.41, 5.74) is 1.78. The van der Waals surface area contributed by atoms with Crippen molar-refractivity contribution in [1.82, 2.24) is 4.98 Å². The summed E-state index contributed by atoms with van der Waals surface area (Å²) in [5, 5.41) is 9.47. The van der Waals surface area contributed by atoms with Gasteiger partial charge in [-0.25, -0.2) is 4.79 Å². The normalized spacial score (nSPS) is 10.6. The largest absolute Gasteiger partial charge is 0.480 e. The molecule has 88 valence electrons. The van der Waals surface area contributed by atoms with Crippen LogP contribution < -0.4 is 0 Å². The topological polar surface area (TPSA) is 59.4 Å². The highest BCUT2D eigenvalue weighted by Crippen LogP contribution is 2.24. The number of carbonyl (C=O) groups is 1. The van der Waals surface area contributed by atoms with Gasteiger partial charge in [0.05, 0.1) is 12.1 Å². The third kappa shape index (κ3) is 2.81. The lowest BCUT2D eigenvalue weighted by Crippen LogP contribution is -2.06. The van der Waals surface area contributed by atoms with Crippen molar-refractivity contribution < 1.29 is 14.6 Å². The maximum absolute atomic E-state index is 10.4. The number of ether oxygens (including phenoxy) is 1. The minimum atomic E-state index is -0.968. The van der Waals surface area contributed by atoms with Gasteiger partial charge < -0.3 is 9.84 Å². The summed E-state index contributed by atoms with van der Waals surface area (Å²) in [6, 6.07) is 7.59. The number of aliphatic carboxylic acids is 1. The highest BCUT2D eigenvalue weighted by atomic mass is 79.9. The Balaban J connectivity index is 2.28. The molecule has 2 aromatic rings. The van der Waals surface area contributed by atoms with Gasteiger partial charge in [-0.15, -0.1) is 0 Å². The molecule has 0 bridgehead atoms. The molecule has 17 heavy (non-hydrogen) atoms. The summed E-state index contributed by atoms with van der Waals surface area (Å²) in [7, 11) is 0. The number of halogens is 1. The van der Waals surface area contributed by atoms with Gasteiger partial charge >= 0.3 is 5.97 Å². The number of rotatable bonds is 4. The van der Waals surface area contributed by atoms with Crippen LogP contribution in [0, 0.1) is 0 Å². The predicted octanol–water partition coefficient (Wildman–Crippen LogP) is 2.60. The van der Waals surface area contributed by atoms with E-state index in [2.05, 4.69) is 20.9 Å². The molecular weight excluding hydrogens is 286 g/mol. The molecule has 0 saturated carbocycles. The third-order valence-electron chi connectivity index (χ3n) is 2.30. The summed E-state index contributed by atoms with van der Waals surface area (Å²) >= 11 is 3.42. The number of hydrogen-bond donors (Lipinski definition) is 1. The number of fused-ring (bicyclic) bond motifs is 1. The van der Waals surface area contributed by atoms with Crippen molar-refractivity contribution in [3.8, 4) is 0 Å². The van der Waals surface area contributed by atoms with Crippen molar-refractivity contribution in [3.63, 3.8) is 0 Å². The van der Waals surface area contributed by atoms with Crippen LogP contribution in [0.1, 0.15) is 5.56 Å².